The molecule has 1 heterocycles. The fourth-order valence-electron chi connectivity index (χ4n) is 1.67. The predicted octanol–water partition coefficient (Wildman–Crippen LogP) is 6.74. The zero-order valence-electron chi connectivity index (χ0n) is 10.0. The predicted molar refractivity (Wildman–Crippen MR) is 89.0 cm³/mol. The summed E-state index contributed by atoms with van der Waals surface area (Å²) in [5.74, 6) is 0. The van der Waals surface area contributed by atoms with Crippen LogP contribution in [0.5, 0.6) is 0 Å². The van der Waals surface area contributed by atoms with Crippen LogP contribution in [-0.2, 0) is 6.42 Å². The lowest BCUT2D eigenvalue weighted by Crippen LogP contribution is -1.93. The van der Waals surface area contributed by atoms with Crippen LogP contribution in [0.3, 0.4) is 0 Å². The molecule has 0 bridgehead atoms. The Morgan fingerprint density at radius 3 is 1.95 bits per heavy atom. The second-order valence-corrected chi connectivity index (χ2v) is 6.24. The van der Waals surface area contributed by atoms with Crippen molar-refractivity contribution in [1.82, 2.24) is 4.98 Å². The molecule has 2 rings (SSSR count). The van der Waals surface area contributed by atoms with E-state index in [-0.39, 0.29) is 31.5 Å². The Bertz CT molecular complexity index is 737. The molecule has 2 nitrogen and oxygen atoms in total. The number of nitrogens with zero attached hydrogens (tertiary/aromatic N) is 2. The quantitative estimate of drug-likeness (QED) is 0.413. The van der Waals surface area contributed by atoms with E-state index in [0.717, 1.165) is 0 Å². The van der Waals surface area contributed by atoms with Gasteiger partial charge in [-0.2, -0.15) is 5.26 Å². The minimum absolute atomic E-state index is 0.0725. The molecule has 8 heteroatoms. The molecule has 0 aliphatic heterocycles. The third kappa shape index (κ3) is 3.19. The van der Waals surface area contributed by atoms with Crippen molar-refractivity contribution >= 4 is 69.6 Å². The Kier molecular flexibility index (Phi) is 5.48. The molecule has 0 fully saturated rings. The molecule has 21 heavy (non-hydrogen) atoms. The molecule has 0 unspecified atom stereocenters. The van der Waals surface area contributed by atoms with Gasteiger partial charge in [0.2, 0.25) is 0 Å². The van der Waals surface area contributed by atoms with Gasteiger partial charge in [0.25, 0.3) is 0 Å². The van der Waals surface area contributed by atoms with E-state index in [1.807, 2.05) is 6.07 Å². The number of nitriles is 1. The SMILES string of the molecule is N#CCc1cc(-c2c(Cl)c(Cl)c(Cl)c(Cl)c2Cl)ncc1Cl. The highest BCUT2D eigenvalue weighted by Crippen LogP contribution is 2.47. The summed E-state index contributed by atoms with van der Waals surface area (Å²) >= 11 is 36.3. The molecule has 108 valence electrons. The Labute approximate surface area is 151 Å². The van der Waals surface area contributed by atoms with Crippen molar-refractivity contribution in [2.45, 2.75) is 6.42 Å². The number of halogens is 6. The van der Waals surface area contributed by atoms with Crippen LogP contribution in [0.25, 0.3) is 11.3 Å². The molecular formula is C13H4Cl6N2. The van der Waals surface area contributed by atoms with E-state index in [0.29, 0.717) is 21.8 Å². The Balaban J connectivity index is 2.74. The van der Waals surface area contributed by atoms with Crippen molar-refractivity contribution in [2.75, 3.05) is 0 Å². The van der Waals surface area contributed by atoms with Gasteiger partial charge in [-0.1, -0.05) is 69.6 Å². The minimum atomic E-state index is 0.0725. The largest absolute Gasteiger partial charge is 0.255 e. The zero-order valence-corrected chi connectivity index (χ0v) is 14.6. The molecule has 1 aromatic carbocycles. The normalized spacial score (nSPS) is 10.5. The van der Waals surface area contributed by atoms with Crippen LogP contribution in [0.15, 0.2) is 12.3 Å². The van der Waals surface area contributed by atoms with Crippen LogP contribution in [0.2, 0.25) is 30.1 Å². The van der Waals surface area contributed by atoms with E-state index in [1.165, 1.54) is 6.20 Å². The first kappa shape index (κ1) is 17.0. The highest BCUT2D eigenvalue weighted by atomic mass is 35.5. The van der Waals surface area contributed by atoms with E-state index >= 15 is 0 Å². The van der Waals surface area contributed by atoms with Gasteiger partial charge in [0.05, 0.1) is 48.3 Å². The van der Waals surface area contributed by atoms with Crippen LogP contribution >= 0.6 is 69.6 Å². The van der Waals surface area contributed by atoms with Crippen molar-refractivity contribution in [1.29, 1.82) is 5.26 Å². The van der Waals surface area contributed by atoms with Crippen LogP contribution in [0.4, 0.5) is 0 Å². The molecule has 0 N–H and O–H groups in total. The third-order valence-corrected chi connectivity index (χ3v) is 5.29. The van der Waals surface area contributed by atoms with Gasteiger partial charge in [-0.05, 0) is 11.6 Å². The van der Waals surface area contributed by atoms with Crippen LogP contribution in [0, 0.1) is 11.3 Å². The molecule has 2 aromatic rings. The summed E-state index contributed by atoms with van der Waals surface area (Å²) in [6.07, 6.45) is 1.53. The molecular weight excluding hydrogens is 397 g/mol. The lowest BCUT2D eigenvalue weighted by Gasteiger charge is -2.13. The summed E-state index contributed by atoms with van der Waals surface area (Å²) in [5, 5.41) is 9.68. The molecule has 0 aliphatic carbocycles. The van der Waals surface area contributed by atoms with Crippen LogP contribution in [0.1, 0.15) is 5.56 Å². The van der Waals surface area contributed by atoms with Crippen molar-refractivity contribution < 1.29 is 0 Å². The van der Waals surface area contributed by atoms with Crippen molar-refractivity contribution in [3.63, 3.8) is 0 Å². The number of pyridine rings is 1. The molecule has 0 amide bonds. The van der Waals surface area contributed by atoms with Gasteiger partial charge in [0, 0.05) is 11.8 Å². The maximum atomic E-state index is 8.80. The Morgan fingerprint density at radius 2 is 1.43 bits per heavy atom. The van der Waals surface area contributed by atoms with Crippen LogP contribution in [-0.4, -0.2) is 4.98 Å². The summed E-state index contributed by atoms with van der Waals surface area (Å²) in [6, 6.07) is 3.62. The fraction of sp³-hybridized carbons (Fsp3) is 0.0769. The van der Waals surface area contributed by atoms with Crippen molar-refractivity contribution in [3.8, 4) is 17.3 Å². The average molecular weight is 401 g/mol. The lowest BCUT2D eigenvalue weighted by atomic mass is 10.1. The smallest absolute Gasteiger partial charge is 0.0809 e. The van der Waals surface area contributed by atoms with E-state index in [2.05, 4.69) is 4.98 Å². The molecule has 0 saturated carbocycles. The topological polar surface area (TPSA) is 36.7 Å². The zero-order chi connectivity index (χ0) is 15.7. The van der Waals surface area contributed by atoms with Gasteiger partial charge in [-0.25, -0.2) is 0 Å². The Morgan fingerprint density at radius 1 is 0.905 bits per heavy atom. The molecule has 0 aliphatic rings. The van der Waals surface area contributed by atoms with E-state index < -0.39 is 0 Å². The van der Waals surface area contributed by atoms with E-state index in [1.54, 1.807) is 6.07 Å². The van der Waals surface area contributed by atoms with Crippen molar-refractivity contribution in [3.05, 3.63) is 48.0 Å². The lowest BCUT2D eigenvalue weighted by molar-refractivity contribution is 1.21. The average Bonchev–Trinajstić information content (AvgIpc) is 2.47. The van der Waals surface area contributed by atoms with Gasteiger partial charge in [-0.15, -0.1) is 0 Å². The maximum Gasteiger partial charge on any atom is 0.0809 e. The summed E-state index contributed by atoms with van der Waals surface area (Å²) in [5.41, 5.74) is 1.34. The molecule has 0 spiro atoms. The highest BCUT2D eigenvalue weighted by molar-refractivity contribution is 6.56. The van der Waals surface area contributed by atoms with Gasteiger partial charge in [0.1, 0.15) is 0 Å². The van der Waals surface area contributed by atoms with Gasteiger partial charge < -0.3 is 0 Å². The molecule has 0 radical (unpaired) electrons. The highest BCUT2D eigenvalue weighted by Gasteiger charge is 2.21. The first-order valence-corrected chi connectivity index (χ1v) is 7.68. The van der Waals surface area contributed by atoms with E-state index in [4.69, 9.17) is 74.9 Å². The minimum Gasteiger partial charge on any atom is -0.255 e. The van der Waals surface area contributed by atoms with Gasteiger partial charge in [0.15, 0.2) is 0 Å². The molecule has 1 aromatic heterocycles. The Hall–Kier alpha value is -0.400. The fourth-order valence-corrected chi connectivity index (χ4v) is 3.17. The summed E-state index contributed by atoms with van der Waals surface area (Å²) in [6.45, 7) is 0. The first-order chi connectivity index (χ1) is 9.88. The van der Waals surface area contributed by atoms with Crippen molar-refractivity contribution in [2.24, 2.45) is 0 Å². The summed E-state index contributed by atoms with van der Waals surface area (Å²) in [7, 11) is 0. The second kappa shape index (κ2) is 6.79. The van der Waals surface area contributed by atoms with Gasteiger partial charge in [-0.3, -0.25) is 4.98 Å². The first-order valence-electron chi connectivity index (χ1n) is 5.41. The number of hydrogen-bond acceptors (Lipinski definition) is 2. The maximum absolute atomic E-state index is 8.80. The summed E-state index contributed by atoms with van der Waals surface area (Å²) < 4.78 is 0. The molecule has 0 atom stereocenters. The van der Waals surface area contributed by atoms with Gasteiger partial charge >= 0.3 is 0 Å². The number of rotatable bonds is 2. The summed E-state index contributed by atoms with van der Waals surface area (Å²) in [4.78, 5) is 4.15. The monoisotopic (exact) mass is 398 g/mol. The number of aromatic nitrogens is 1. The molecule has 0 saturated heterocycles. The standard InChI is InChI=1S/C13H4Cl6N2/c14-6-4-21-7(3-5(6)1-2-20)8-9(15)11(17)13(19)12(18)10(8)16/h3-4H,1H2. The number of benzene rings is 1. The van der Waals surface area contributed by atoms with Crippen LogP contribution < -0.4 is 0 Å². The van der Waals surface area contributed by atoms with E-state index in [9.17, 15) is 0 Å². The second-order valence-electron chi connectivity index (χ2n) is 3.94. The third-order valence-electron chi connectivity index (χ3n) is 2.67. The number of hydrogen-bond donors (Lipinski definition) is 0.